The predicted octanol–water partition coefficient (Wildman–Crippen LogP) is 2.34. The molecule has 6 nitrogen and oxygen atoms in total. The van der Waals surface area contributed by atoms with Crippen LogP contribution in [-0.4, -0.2) is 59.1 Å². The zero-order valence-corrected chi connectivity index (χ0v) is 17.5. The van der Waals surface area contributed by atoms with Crippen LogP contribution in [0.4, 0.5) is 0 Å². The number of aliphatic hydroxyl groups excluding tert-OH is 1. The molecule has 2 fully saturated rings. The number of hydrogen-bond donors (Lipinski definition) is 2. The lowest BCUT2D eigenvalue weighted by Gasteiger charge is -2.29. The van der Waals surface area contributed by atoms with Crippen LogP contribution < -0.4 is 5.32 Å². The molecule has 3 aliphatic heterocycles. The van der Waals surface area contributed by atoms with E-state index in [4.69, 9.17) is 4.74 Å². The molecule has 5 rings (SSSR count). The first-order chi connectivity index (χ1) is 15.1. The second kappa shape index (κ2) is 8.54. The first-order valence-corrected chi connectivity index (χ1v) is 11.1. The Morgan fingerprint density at radius 1 is 1.10 bits per heavy atom. The Morgan fingerprint density at radius 2 is 1.84 bits per heavy atom. The third-order valence-corrected chi connectivity index (χ3v) is 6.86. The maximum atomic E-state index is 12.7. The van der Waals surface area contributed by atoms with Crippen molar-refractivity contribution >= 4 is 11.7 Å². The lowest BCUT2D eigenvalue weighted by atomic mass is 9.90. The molecule has 2 aromatic carbocycles. The number of ketones is 1. The van der Waals surface area contributed by atoms with Crippen LogP contribution >= 0.6 is 0 Å². The van der Waals surface area contributed by atoms with Gasteiger partial charge in [0, 0.05) is 36.7 Å². The zero-order chi connectivity index (χ0) is 21.4. The van der Waals surface area contributed by atoms with E-state index >= 15 is 0 Å². The standard InChI is InChI=1S/C25H28N2O4/c28-23(9-10-24(29)22-11-18-3-1-2-4-19(18)13-26-22)16-5-7-17(8-6-16)25(30)27-14-21-12-20(27)15-31-21/h1-8,20-22,24,26,29H,9-15H2/t20?,21?,22-,24+/m0/s1. The average Bonchev–Trinajstić information content (AvgIpc) is 3.45. The summed E-state index contributed by atoms with van der Waals surface area (Å²) in [4.78, 5) is 27.3. The van der Waals surface area contributed by atoms with Gasteiger partial charge in [0.15, 0.2) is 5.78 Å². The summed E-state index contributed by atoms with van der Waals surface area (Å²) < 4.78 is 5.56. The highest BCUT2D eigenvalue weighted by Gasteiger charge is 2.41. The Labute approximate surface area is 182 Å². The van der Waals surface area contributed by atoms with Gasteiger partial charge in [-0.3, -0.25) is 9.59 Å². The lowest BCUT2D eigenvalue weighted by molar-refractivity contribution is 0.0259. The van der Waals surface area contributed by atoms with Crippen LogP contribution in [0.25, 0.3) is 0 Å². The van der Waals surface area contributed by atoms with Crippen LogP contribution in [0.3, 0.4) is 0 Å². The highest BCUT2D eigenvalue weighted by Crippen LogP contribution is 2.29. The van der Waals surface area contributed by atoms with Crippen molar-refractivity contribution in [1.82, 2.24) is 10.2 Å². The Kier molecular flexibility index (Phi) is 5.61. The number of nitrogens with zero attached hydrogens (tertiary/aromatic N) is 1. The van der Waals surface area contributed by atoms with E-state index in [1.807, 2.05) is 17.0 Å². The second-order valence-corrected chi connectivity index (χ2v) is 8.87. The minimum absolute atomic E-state index is 0.00822. The zero-order valence-electron chi connectivity index (χ0n) is 17.5. The van der Waals surface area contributed by atoms with Crippen molar-refractivity contribution in [3.63, 3.8) is 0 Å². The molecule has 3 aliphatic rings. The number of rotatable bonds is 6. The van der Waals surface area contributed by atoms with E-state index in [1.54, 1.807) is 24.3 Å². The molecule has 4 atom stereocenters. The number of benzene rings is 2. The van der Waals surface area contributed by atoms with Gasteiger partial charge in [-0.15, -0.1) is 0 Å². The number of amides is 1. The van der Waals surface area contributed by atoms with Crippen LogP contribution in [0.5, 0.6) is 0 Å². The lowest BCUT2D eigenvalue weighted by Crippen LogP contribution is -2.44. The van der Waals surface area contributed by atoms with Crippen molar-refractivity contribution in [2.75, 3.05) is 13.2 Å². The van der Waals surface area contributed by atoms with Crippen LogP contribution in [0.15, 0.2) is 48.5 Å². The van der Waals surface area contributed by atoms with Crippen molar-refractivity contribution in [3.05, 3.63) is 70.8 Å². The molecule has 2 unspecified atom stereocenters. The van der Waals surface area contributed by atoms with E-state index < -0.39 is 6.10 Å². The van der Waals surface area contributed by atoms with E-state index in [2.05, 4.69) is 17.4 Å². The summed E-state index contributed by atoms with van der Waals surface area (Å²) in [5, 5.41) is 14.0. The number of morpholine rings is 1. The van der Waals surface area contributed by atoms with Crippen molar-refractivity contribution < 1.29 is 19.4 Å². The molecule has 2 aromatic rings. The number of fused-ring (bicyclic) bond motifs is 3. The molecule has 0 aromatic heterocycles. The number of aliphatic hydroxyl groups is 1. The van der Waals surface area contributed by atoms with Crippen LogP contribution in [0.1, 0.15) is 51.1 Å². The van der Waals surface area contributed by atoms with Crippen LogP contribution in [-0.2, 0) is 17.7 Å². The van der Waals surface area contributed by atoms with E-state index in [0.717, 1.165) is 19.4 Å². The van der Waals surface area contributed by atoms with Gasteiger partial charge in [-0.25, -0.2) is 0 Å². The highest BCUT2D eigenvalue weighted by atomic mass is 16.5. The highest BCUT2D eigenvalue weighted by molar-refractivity contribution is 5.99. The number of ether oxygens (including phenoxy) is 1. The summed E-state index contributed by atoms with van der Waals surface area (Å²) in [7, 11) is 0. The number of likely N-dealkylation sites (tertiary alicyclic amines) is 1. The smallest absolute Gasteiger partial charge is 0.254 e. The average molecular weight is 421 g/mol. The number of Topliss-reactive ketones (excluding diaryl/α,β-unsaturated/α-hetero) is 1. The first kappa shape index (κ1) is 20.4. The van der Waals surface area contributed by atoms with E-state index in [9.17, 15) is 14.7 Å². The molecule has 0 saturated carbocycles. The first-order valence-electron chi connectivity index (χ1n) is 11.1. The molecule has 2 saturated heterocycles. The van der Waals surface area contributed by atoms with E-state index in [-0.39, 0.29) is 36.3 Å². The fourth-order valence-electron chi connectivity index (χ4n) is 4.99. The summed E-state index contributed by atoms with van der Waals surface area (Å²) in [6, 6.07) is 15.3. The molecule has 31 heavy (non-hydrogen) atoms. The van der Waals surface area contributed by atoms with Gasteiger partial charge in [0.2, 0.25) is 0 Å². The summed E-state index contributed by atoms with van der Waals surface area (Å²) in [5.41, 5.74) is 3.71. The van der Waals surface area contributed by atoms with Gasteiger partial charge in [0.1, 0.15) is 0 Å². The van der Waals surface area contributed by atoms with Gasteiger partial charge in [-0.05, 0) is 42.5 Å². The maximum Gasteiger partial charge on any atom is 0.254 e. The minimum Gasteiger partial charge on any atom is -0.391 e. The number of carbonyl (C=O) groups is 2. The van der Waals surface area contributed by atoms with Gasteiger partial charge < -0.3 is 20.1 Å². The number of hydrogen-bond acceptors (Lipinski definition) is 5. The number of nitrogens with one attached hydrogen (secondary N) is 1. The molecule has 3 heterocycles. The molecule has 0 aliphatic carbocycles. The fourth-order valence-corrected chi connectivity index (χ4v) is 4.99. The summed E-state index contributed by atoms with van der Waals surface area (Å²) in [5.74, 6) is -0.00300. The van der Waals surface area contributed by atoms with Gasteiger partial charge >= 0.3 is 0 Å². The van der Waals surface area contributed by atoms with E-state index in [1.165, 1.54) is 11.1 Å². The fraction of sp³-hybridized carbons (Fsp3) is 0.440. The monoisotopic (exact) mass is 420 g/mol. The maximum absolute atomic E-state index is 12.7. The third kappa shape index (κ3) is 4.15. The molecule has 6 heteroatoms. The molecule has 2 N–H and O–H groups in total. The summed E-state index contributed by atoms with van der Waals surface area (Å²) >= 11 is 0. The van der Waals surface area contributed by atoms with Crippen molar-refractivity contribution in [2.45, 2.75) is 56.5 Å². The third-order valence-electron chi connectivity index (χ3n) is 6.86. The van der Waals surface area contributed by atoms with Crippen molar-refractivity contribution in [2.24, 2.45) is 0 Å². The molecule has 1 amide bonds. The van der Waals surface area contributed by atoms with Gasteiger partial charge in [0.25, 0.3) is 5.91 Å². The number of carbonyl (C=O) groups excluding carboxylic acids is 2. The molecule has 2 bridgehead atoms. The molecule has 0 radical (unpaired) electrons. The molecular formula is C25H28N2O4. The summed E-state index contributed by atoms with van der Waals surface area (Å²) in [6.07, 6.45) is 1.98. The van der Waals surface area contributed by atoms with Crippen LogP contribution in [0.2, 0.25) is 0 Å². The largest absolute Gasteiger partial charge is 0.391 e. The van der Waals surface area contributed by atoms with Gasteiger partial charge in [-0.2, -0.15) is 0 Å². The Bertz CT molecular complexity index is 974. The predicted molar refractivity (Wildman–Crippen MR) is 116 cm³/mol. The van der Waals surface area contributed by atoms with Crippen molar-refractivity contribution in [3.8, 4) is 0 Å². The SMILES string of the molecule is O=C(CC[C@@H](O)[C@@H]1Cc2ccccc2CN1)c1ccc(C(=O)N2CC3CC2CO3)cc1. The summed E-state index contributed by atoms with van der Waals surface area (Å²) in [6.45, 7) is 2.02. The minimum atomic E-state index is -0.578. The Balaban J connectivity index is 1.14. The topological polar surface area (TPSA) is 78.9 Å². The Hall–Kier alpha value is -2.54. The Morgan fingerprint density at radius 3 is 2.55 bits per heavy atom. The normalized spacial score (nSPS) is 25.3. The quantitative estimate of drug-likeness (QED) is 0.702. The van der Waals surface area contributed by atoms with Gasteiger partial charge in [0.05, 0.1) is 24.9 Å². The van der Waals surface area contributed by atoms with E-state index in [0.29, 0.717) is 30.7 Å². The van der Waals surface area contributed by atoms with Crippen LogP contribution in [0, 0.1) is 0 Å². The second-order valence-electron chi connectivity index (χ2n) is 8.87. The molecule has 0 spiro atoms. The van der Waals surface area contributed by atoms with Crippen molar-refractivity contribution in [1.29, 1.82) is 0 Å². The van der Waals surface area contributed by atoms with Gasteiger partial charge in [-0.1, -0.05) is 36.4 Å². The molecular weight excluding hydrogens is 392 g/mol. The molecule has 162 valence electrons.